The summed E-state index contributed by atoms with van der Waals surface area (Å²) in [6.45, 7) is 2.66. The molecular weight excluding hydrogens is 298 g/mol. The SMILES string of the molecule is CCCOc1cccc(NCCNS(C)(=O)=O)c1[N+](=O)[O-]. The minimum Gasteiger partial charge on any atom is -0.487 e. The highest BCUT2D eigenvalue weighted by molar-refractivity contribution is 7.88. The lowest BCUT2D eigenvalue weighted by Crippen LogP contribution is -2.27. The first-order valence-electron chi connectivity index (χ1n) is 6.44. The number of nitrogens with zero attached hydrogens (tertiary/aromatic N) is 1. The molecule has 0 bridgehead atoms. The zero-order valence-electron chi connectivity index (χ0n) is 12.0. The summed E-state index contributed by atoms with van der Waals surface area (Å²) in [5, 5.41) is 14.0. The molecule has 0 heterocycles. The predicted molar refractivity (Wildman–Crippen MR) is 80.2 cm³/mol. The van der Waals surface area contributed by atoms with Gasteiger partial charge in [-0.15, -0.1) is 0 Å². The minimum absolute atomic E-state index is 0.135. The van der Waals surface area contributed by atoms with Crippen molar-refractivity contribution >= 4 is 21.4 Å². The summed E-state index contributed by atoms with van der Waals surface area (Å²) in [6, 6.07) is 4.73. The summed E-state index contributed by atoms with van der Waals surface area (Å²) >= 11 is 0. The second-order valence-electron chi connectivity index (χ2n) is 4.35. The van der Waals surface area contributed by atoms with Gasteiger partial charge in [-0.1, -0.05) is 13.0 Å². The highest BCUT2D eigenvalue weighted by atomic mass is 32.2. The van der Waals surface area contributed by atoms with Gasteiger partial charge in [-0.3, -0.25) is 10.1 Å². The third kappa shape index (κ3) is 5.96. The second-order valence-corrected chi connectivity index (χ2v) is 6.18. The van der Waals surface area contributed by atoms with Crippen LogP contribution in [0.1, 0.15) is 13.3 Å². The van der Waals surface area contributed by atoms with E-state index in [1.807, 2.05) is 6.92 Å². The molecule has 0 amide bonds. The molecule has 0 aliphatic rings. The molecule has 1 aromatic carbocycles. The van der Waals surface area contributed by atoms with Crippen molar-refractivity contribution in [2.75, 3.05) is 31.3 Å². The molecule has 1 rings (SSSR count). The fourth-order valence-electron chi connectivity index (χ4n) is 1.62. The van der Waals surface area contributed by atoms with Gasteiger partial charge in [-0.25, -0.2) is 13.1 Å². The van der Waals surface area contributed by atoms with Crippen molar-refractivity contribution in [3.05, 3.63) is 28.3 Å². The lowest BCUT2D eigenvalue weighted by molar-refractivity contribution is -0.385. The quantitative estimate of drug-likeness (QED) is 0.404. The van der Waals surface area contributed by atoms with Crippen LogP contribution in [0.3, 0.4) is 0 Å². The van der Waals surface area contributed by atoms with Gasteiger partial charge in [0.05, 0.1) is 17.8 Å². The van der Waals surface area contributed by atoms with Crippen LogP contribution in [0.25, 0.3) is 0 Å². The van der Waals surface area contributed by atoms with Crippen LogP contribution in [0.2, 0.25) is 0 Å². The lowest BCUT2D eigenvalue weighted by atomic mass is 10.2. The highest BCUT2D eigenvalue weighted by Gasteiger charge is 2.20. The summed E-state index contributed by atoms with van der Waals surface area (Å²) in [5.74, 6) is 0.197. The maximum absolute atomic E-state index is 11.2. The standard InChI is InChI=1S/C12H19N3O5S/c1-3-9-20-11-6-4-5-10(12(11)15(16)17)13-7-8-14-21(2,18)19/h4-6,13-14H,3,7-9H2,1-2H3. The number of hydrogen-bond donors (Lipinski definition) is 2. The monoisotopic (exact) mass is 317 g/mol. The maximum atomic E-state index is 11.2. The van der Waals surface area contributed by atoms with E-state index in [1.165, 1.54) is 6.07 Å². The average Bonchev–Trinajstić information content (AvgIpc) is 2.40. The van der Waals surface area contributed by atoms with E-state index in [4.69, 9.17) is 4.74 Å². The average molecular weight is 317 g/mol. The van der Waals surface area contributed by atoms with E-state index in [0.29, 0.717) is 12.3 Å². The Morgan fingerprint density at radius 2 is 2.05 bits per heavy atom. The van der Waals surface area contributed by atoms with Gasteiger partial charge in [0.1, 0.15) is 5.69 Å². The number of nitro benzene ring substituents is 1. The van der Waals surface area contributed by atoms with E-state index in [9.17, 15) is 18.5 Å². The van der Waals surface area contributed by atoms with Crippen molar-refractivity contribution in [3.8, 4) is 5.75 Å². The van der Waals surface area contributed by atoms with Crippen LogP contribution >= 0.6 is 0 Å². The molecule has 1 aromatic rings. The van der Waals surface area contributed by atoms with E-state index < -0.39 is 14.9 Å². The zero-order valence-corrected chi connectivity index (χ0v) is 12.8. The van der Waals surface area contributed by atoms with Crippen molar-refractivity contribution in [2.45, 2.75) is 13.3 Å². The highest BCUT2D eigenvalue weighted by Crippen LogP contribution is 2.34. The summed E-state index contributed by atoms with van der Waals surface area (Å²) < 4.78 is 29.5. The molecule has 0 atom stereocenters. The van der Waals surface area contributed by atoms with Gasteiger partial charge in [0, 0.05) is 13.1 Å². The van der Waals surface area contributed by atoms with E-state index in [2.05, 4.69) is 10.0 Å². The van der Waals surface area contributed by atoms with Gasteiger partial charge < -0.3 is 10.1 Å². The van der Waals surface area contributed by atoms with Gasteiger partial charge in [0.25, 0.3) is 0 Å². The van der Waals surface area contributed by atoms with Crippen molar-refractivity contribution < 1.29 is 18.1 Å². The maximum Gasteiger partial charge on any atom is 0.333 e. The van der Waals surface area contributed by atoms with Gasteiger partial charge >= 0.3 is 5.69 Å². The first kappa shape index (κ1) is 17.2. The molecule has 21 heavy (non-hydrogen) atoms. The van der Waals surface area contributed by atoms with E-state index in [1.54, 1.807) is 12.1 Å². The van der Waals surface area contributed by atoms with Crippen LogP contribution in [0.5, 0.6) is 5.75 Å². The lowest BCUT2D eigenvalue weighted by Gasteiger charge is -2.11. The molecule has 0 radical (unpaired) electrons. The number of hydrogen-bond acceptors (Lipinski definition) is 6. The van der Waals surface area contributed by atoms with Crippen LogP contribution in [0, 0.1) is 10.1 Å². The molecule has 8 nitrogen and oxygen atoms in total. The Balaban J connectivity index is 2.79. The van der Waals surface area contributed by atoms with Crippen molar-refractivity contribution in [1.82, 2.24) is 4.72 Å². The Labute approximate surface area is 123 Å². The number of benzene rings is 1. The molecule has 0 spiro atoms. The minimum atomic E-state index is -3.27. The van der Waals surface area contributed by atoms with Crippen LogP contribution in [0.15, 0.2) is 18.2 Å². The van der Waals surface area contributed by atoms with Crippen LogP contribution in [0.4, 0.5) is 11.4 Å². The number of ether oxygens (including phenoxy) is 1. The number of para-hydroxylation sites is 1. The molecule has 2 N–H and O–H groups in total. The smallest absolute Gasteiger partial charge is 0.333 e. The Hall–Kier alpha value is -1.87. The van der Waals surface area contributed by atoms with E-state index in [0.717, 1.165) is 12.7 Å². The molecular formula is C12H19N3O5S. The summed E-state index contributed by atoms with van der Waals surface area (Å²) in [4.78, 5) is 10.7. The number of nitrogens with one attached hydrogen (secondary N) is 2. The molecule has 0 aromatic heterocycles. The summed E-state index contributed by atoms with van der Waals surface area (Å²) in [7, 11) is -3.27. The molecule has 0 saturated carbocycles. The summed E-state index contributed by atoms with van der Waals surface area (Å²) in [6.07, 6.45) is 1.79. The molecule has 0 unspecified atom stereocenters. The molecule has 0 saturated heterocycles. The largest absolute Gasteiger partial charge is 0.487 e. The third-order valence-electron chi connectivity index (χ3n) is 2.45. The van der Waals surface area contributed by atoms with Crippen molar-refractivity contribution in [3.63, 3.8) is 0 Å². The molecule has 0 aliphatic carbocycles. The van der Waals surface area contributed by atoms with E-state index >= 15 is 0 Å². The fraction of sp³-hybridized carbons (Fsp3) is 0.500. The summed E-state index contributed by atoms with van der Waals surface area (Å²) in [5.41, 5.74) is 0.147. The molecule has 9 heteroatoms. The van der Waals surface area contributed by atoms with E-state index in [-0.39, 0.29) is 24.5 Å². The number of nitro groups is 1. The van der Waals surface area contributed by atoms with Gasteiger partial charge in [-0.2, -0.15) is 0 Å². The molecule has 0 fully saturated rings. The molecule has 0 aliphatic heterocycles. The Morgan fingerprint density at radius 1 is 1.33 bits per heavy atom. The first-order valence-corrected chi connectivity index (χ1v) is 8.33. The van der Waals surface area contributed by atoms with Crippen LogP contribution in [-0.4, -0.2) is 39.3 Å². The second kappa shape index (κ2) is 7.79. The zero-order chi connectivity index (χ0) is 15.9. The van der Waals surface area contributed by atoms with Crippen LogP contribution in [-0.2, 0) is 10.0 Å². The Bertz CT molecular complexity index is 589. The topological polar surface area (TPSA) is 111 Å². The number of anilines is 1. The predicted octanol–water partition coefficient (Wildman–Crippen LogP) is 1.34. The van der Waals surface area contributed by atoms with Gasteiger partial charge in [-0.05, 0) is 18.6 Å². The Kier molecular flexibility index (Phi) is 6.38. The fourth-order valence-corrected chi connectivity index (χ4v) is 2.09. The van der Waals surface area contributed by atoms with Crippen molar-refractivity contribution in [2.24, 2.45) is 0 Å². The Morgan fingerprint density at radius 3 is 2.62 bits per heavy atom. The van der Waals surface area contributed by atoms with Gasteiger partial charge in [0.2, 0.25) is 10.0 Å². The number of sulfonamides is 1. The van der Waals surface area contributed by atoms with Gasteiger partial charge in [0.15, 0.2) is 5.75 Å². The number of rotatable bonds is 9. The normalized spacial score (nSPS) is 11.1. The third-order valence-corrected chi connectivity index (χ3v) is 3.18. The van der Waals surface area contributed by atoms with Crippen molar-refractivity contribution in [1.29, 1.82) is 0 Å². The first-order chi connectivity index (χ1) is 9.85. The van der Waals surface area contributed by atoms with Crippen LogP contribution < -0.4 is 14.8 Å². The molecule has 118 valence electrons.